The van der Waals surface area contributed by atoms with Gasteiger partial charge in [0.25, 0.3) is 0 Å². The van der Waals surface area contributed by atoms with E-state index in [4.69, 9.17) is 9.47 Å². The number of hydrogen-bond acceptors (Lipinski definition) is 4. The average Bonchev–Trinajstić information content (AvgIpc) is 2.63. The molecule has 0 unspecified atom stereocenters. The second kappa shape index (κ2) is 9.47. The predicted molar refractivity (Wildman–Crippen MR) is 99.4 cm³/mol. The van der Waals surface area contributed by atoms with E-state index in [0.29, 0.717) is 24.5 Å². The largest absolute Gasteiger partial charge is 0.493 e. The Balaban J connectivity index is 1.93. The number of nitrogens with one attached hydrogen (secondary N) is 1. The Morgan fingerprint density at radius 2 is 1.80 bits per heavy atom. The first-order chi connectivity index (χ1) is 12.2. The fraction of sp³-hybridized carbons (Fsp3) is 0.300. The topological polar surface area (TPSA) is 59.9 Å². The Hall–Kier alpha value is -2.82. The number of benzene rings is 2. The first kappa shape index (κ1) is 18.5. The molecule has 0 aliphatic rings. The summed E-state index contributed by atoms with van der Waals surface area (Å²) in [4.78, 5) is 12.0. The van der Waals surface area contributed by atoms with Gasteiger partial charge in [-0.3, -0.25) is 4.79 Å². The molecule has 5 nitrogen and oxygen atoms in total. The first-order valence-electron chi connectivity index (χ1n) is 8.36. The number of rotatable bonds is 8. The second-order valence-electron chi connectivity index (χ2n) is 5.48. The van der Waals surface area contributed by atoms with Crippen LogP contribution in [0.3, 0.4) is 0 Å². The lowest BCUT2D eigenvalue weighted by molar-refractivity contribution is -0.120. The van der Waals surface area contributed by atoms with Crippen LogP contribution in [0.5, 0.6) is 11.5 Å². The Kier molecular flexibility index (Phi) is 7.01. The summed E-state index contributed by atoms with van der Waals surface area (Å²) < 4.78 is 10.8. The van der Waals surface area contributed by atoms with Crippen molar-refractivity contribution in [2.24, 2.45) is 5.10 Å². The molecule has 1 N–H and O–H groups in total. The van der Waals surface area contributed by atoms with Crippen LogP contribution in [0.15, 0.2) is 47.6 Å². The van der Waals surface area contributed by atoms with Crippen molar-refractivity contribution < 1.29 is 14.3 Å². The van der Waals surface area contributed by atoms with E-state index in [0.717, 1.165) is 17.5 Å². The Labute approximate surface area is 148 Å². The number of nitrogens with zero attached hydrogens (tertiary/aromatic N) is 1. The summed E-state index contributed by atoms with van der Waals surface area (Å²) in [5.74, 6) is 1.16. The lowest BCUT2D eigenvalue weighted by Crippen LogP contribution is -2.19. The third-order valence-electron chi connectivity index (χ3n) is 3.69. The van der Waals surface area contributed by atoms with Crippen LogP contribution in [0, 0.1) is 0 Å². The zero-order valence-corrected chi connectivity index (χ0v) is 14.9. The molecule has 0 bridgehead atoms. The fourth-order valence-corrected chi connectivity index (χ4v) is 2.34. The van der Waals surface area contributed by atoms with E-state index in [2.05, 4.69) is 17.5 Å². The van der Waals surface area contributed by atoms with Crippen molar-refractivity contribution in [2.75, 3.05) is 13.7 Å². The van der Waals surface area contributed by atoms with E-state index < -0.39 is 0 Å². The summed E-state index contributed by atoms with van der Waals surface area (Å²) in [6.45, 7) is 4.56. The van der Waals surface area contributed by atoms with Crippen molar-refractivity contribution in [3.8, 4) is 11.5 Å². The van der Waals surface area contributed by atoms with Gasteiger partial charge in [-0.1, -0.05) is 31.2 Å². The van der Waals surface area contributed by atoms with Crippen LogP contribution in [0.4, 0.5) is 0 Å². The van der Waals surface area contributed by atoms with Gasteiger partial charge in [0.1, 0.15) is 0 Å². The monoisotopic (exact) mass is 340 g/mol. The lowest BCUT2D eigenvalue weighted by Gasteiger charge is -2.09. The van der Waals surface area contributed by atoms with Crippen LogP contribution in [-0.2, 0) is 17.6 Å². The zero-order valence-electron chi connectivity index (χ0n) is 14.9. The quantitative estimate of drug-likeness (QED) is 0.592. The summed E-state index contributed by atoms with van der Waals surface area (Å²) in [5.41, 5.74) is 5.59. The molecule has 0 saturated heterocycles. The molecule has 0 heterocycles. The maximum atomic E-state index is 12.0. The molecule has 0 atom stereocenters. The number of carbonyl (C=O) groups excluding carboxylic acids is 1. The molecule has 5 heteroatoms. The summed E-state index contributed by atoms with van der Waals surface area (Å²) in [7, 11) is 1.60. The molecule has 0 radical (unpaired) electrons. The minimum Gasteiger partial charge on any atom is -0.493 e. The summed E-state index contributed by atoms with van der Waals surface area (Å²) >= 11 is 0. The zero-order chi connectivity index (χ0) is 18.1. The lowest BCUT2D eigenvalue weighted by atomic mass is 10.1. The van der Waals surface area contributed by atoms with Gasteiger partial charge >= 0.3 is 0 Å². The highest BCUT2D eigenvalue weighted by molar-refractivity contribution is 5.84. The van der Waals surface area contributed by atoms with Crippen LogP contribution >= 0.6 is 0 Å². The van der Waals surface area contributed by atoms with Gasteiger partial charge in [0.2, 0.25) is 5.91 Å². The second-order valence-corrected chi connectivity index (χ2v) is 5.48. The number of carbonyl (C=O) groups is 1. The number of amides is 1. The highest BCUT2D eigenvalue weighted by Crippen LogP contribution is 2.27. The highest BCUT2D eigenvalue weighted by Gasteiger charge is 2.05. The van der Waals surface area contributed by atoms with Crippen molar-refractivity contribution in [1.29, 1.82) is 0 Å². The van der Waals surface area contributed by atoms with Gasteiger partial charge in [-0.25, -0.2) is 5.43 Å². The molecule has 0 spiro atoms. The SMILES string of the molecule is CCOc1cc(/C=N/NC(=O)Cc2ccc(CC)cc2)ccc1OC. The standard InChI is InChI=1S/C20H24N2O3/c1-4-15-6-8-16(9-7-15)13-20(23)22-21-14-17-10-11-18(24-3)19(12-17)25-5-2/h6-12,14H,4-5,13H2,1-3H3,(H,22,23)/b21-14+. The number of aryl methyl sites for hydroxylation is 1. The normalized spacial score (nSPS) is 10.7. The van der Waals surface area contributed by atoms with E-state index in [1.54, 1.807) is 13.3 Å². The summed E-state index contributed by atoms with van der Waals surface area (Å²) in [5, 5.41) is 4.01. The molecule has 0 aliphatic heterocycles. The van der Waals surface area contributed by atoms with Crippen molar-refractivity contribution in [3.63, 3.8) is 0 Å². The van der Waals surface area contributed by atoms with E-state index in [1.807, 2.05) is 49.4 Å². The molecule has 132 valence electrons. The van der Waals surface area contributed by atoms with Crippen LogP contribution in [0.2, 0.25) is 0 Å². The van der Waals surface area contributed by atoms with Crippen LogP contribution in [-0.4, -0.2) is 25.8 Å². The van der Waals surface area contributed by atoms with Crippen molar-refractivity contribution in [3.05, 3.63) is 59.2 Å². The third kappa shape index (κ3) is 5.64. The molecule has 25 heavy (non-hydrogen) atoms. The van der Waals surface area contributed by atoms with E-state index in [-0.39, 0.29) is 5.91 Å². The van der Waals surface area contributed by atoms with Gasteiger partial charge in [-0.15, -0.1) is 0 Å². The number of hydrazone groups is 1. The van der Waals surface area contributed by atoms with Crippen LogP contribution < -0.4 is 14.9 Å². The maximum Gasteiger partial charge on any atom is 0.244 e. The predicted octanol–water partition coefficient (Wildman–Crippen LogP) is 3.35. The number of hydrogen-bond donors (Lipinski definition) is 1. The summed E-state index contributed by atoms with van der Waals surface area (Å²) in [6.07, 6.45) is 2.87. The molecule has 2 rings (SSSR count). The molecule has 2 aromatic rings. The molecule has 0 fully saturated rings. The van der Waals surface area contributed by atoms with E-state index in [9.17, 15) is 4.79 Å². The smallest absolute Gasteiger partial charge is 0.244 e. The Morgan fingerprint density at radius 1 is 1.08 bits per heavy atom. The Morgan fingerprint density at radius 3 is 2.44 bits per heavy atom. The molecule has 0 aromatic heterocycles. The van der Waals surface area contributed by atoms with Gasteiger partial charge in [0.15, 0.2) is 11.5 Å². The average molecular weight is 340 g/mol. The van der Waals surface area contributed by atoms with Crippen molar-refractivity contribution in [1.82, 2.24) is 5.43 Å². The van der Waals surface area contributed by atoms with Crippen LogP contribution in [0.1, 0.15) is 30.5 Å². The highest BCUT2D eigenvalue weighted by atomic mass is 16.5. The van der Waals surface area contributed by atoms with Gasteiger partial charge in [-0.05, 0) is 48.2 Å². The maximum absolute atomic E-state index is 12.0. The van der Waals surface area contributed by atoms with Gasteiger partial charge in [-0.2, -0.15) is 5.10 Å². The molecule has 2 aromatic carbocycles. The van der Waals surface area contributed by atoms with E-state index >= 15 is 0 Å². The van der Waals surface area contributed by atoms with Crippen LogP contribution in [0.25, 0.3) is 0 Å². The molecular formula is C20H24N2O3. The van der Waals surface area contributed by atoms with E-state index in [1.165, 1.54) is 5.56 Å². The molecular weight excluding hydrogens is 316 g/mol. The number of ether oxygens (including phenoxy) is 2. The van der Waals surface area contributed by atoms with Gasteiger partial charge < -0.3 is 9.47 Å². The van der Waals surface area contributed by atoms with Crippen molar-refractivity contribution >= 4 is 12.1 Å². The molecule has 0 saturated carbocycles. The fourth-order valence-electron chi connectivity index (χ4n) is 2.34. The van der Waals surface area contributed by atoms with Crippen molar-refractivity contribution in [2.45, 2.75) is 26.7 Å². The molecule has 1 amide bonds. The summed E-state index contributed by atoms with van der Waals surface area (Å²) in [6, 6.07) is 13.5. The minimum absolute atomic E-state index is 0.154. The number of methoxy groups -OCH3 is 1. The minimum atomic E-state index is -0.154. The molecule has 0 aliphatic carbocycles. The third-order valence-corrected chi connectivity index (χ3v) is 3.69. The Bertz CT molecular complexity index is 724. The first-order valence-corrected chi connectivity index (χ1v) is 8.36. The van der Waals surface area contributed by atoms with Gasteiger partial charge in [0.05, 0.1) is 26.4 Å². The van der Waals surface area contributed by atoms with Gasteiger partial charge in [0, 0.05) is 0 Å².